The molecule has 3 saturated carbocycles. The Balaban J connectivity index is 0. The van der Waals surface area contributed by atoms with Crippen LogP contribution in [0.2, 0.25) is 0 Å². The molecule has 1 heterocycles. The Hall–Kier alpha value is -1.58. The van der Waals surface area contributed by atoms with Gasteiger partial charge < -0.3 is 57.6 Å². The molecule has 0 aliphatic heterocycles. The van der Waals surface area contributed by atoms with Gasteiger partial charge in [-0.1, -0.05) is 277 Å². The number of esters is 6. The maximum atomic E-state index is 12.6. The number of carboxylic acids is 1. The Kier molecular flexibility index (Phi) is 85.3. The van der Waals surface area contributed by atoms with E-state index in [4.69, 9.17) is 58.3 Å². The number of aliphatic carboxylic acids is 1. The van der Waals surface area contributed by atoms with Crippen LogP contribution in [-0.4, -0.2) is 220 Å². The van der Waals surface area contributed by atoms with Gasteiger partial charge in [-0.05, 0) is 203 Å². The van der Waals surface area contributed by atoms with Crippen LogP contribution in [0.1, 0.15) is 308 Å². The number of thioether (sulfide) groups is 4. The number of aliphatic hydroxyl groups is 1. The summed E-state index contributed by atoms with van der Waals surface area (Å²) in [7, 11) is 11.7. The second-order valence-corrected chi connectivity index (χ2v) is 48.7. The van der Waals surface area contributed by atoms with Crippen molar-refractivity contribution in [1.82, 2.24) is 4.98 Å². The van der Waals surface area contributed by atoms with Gasteiger partial charge in [-0.15, -0.1) is 23.5 Å². The molecule has 21 nitrogen and oxygen atoms in total. The molecular formula is C98H171NO20S13. The molecule has 1 aromatic rings. The van der Waals surface area contributed by atoms with E-state index in [1.165, 1.54) is 214 Å². The van der Waals surface area contributed by atoms with Crippen molar-refractivity contribution < 1.29 is 95.9 Å². The van der Waals surface area contributed by atoms with E-state index >= 15 is 0 Å². The van der Waals surface area contributed by atoms with Gasteiger partial charge in [0.25, 0.3) is 0 Å². The quantitative estimate of drug-likeness (QED) is 0.00592. The van der Waals surface area contributed by atoms with E-state index in [2.05, 4.69) is 128 Å². The third kappa shape index (κ3) is 67.0. The smallest absolute Gasteiger partial charge is 0.333 e. The first-order valence-corrected chi connectivity index (χ1v) is 58.7. The minimum Gasteiger partial charge on any atom is -0.481 e. The third-order valence-electron chi connectivity index (χ3n) is 23.1. The Morgan fingerprint density at radius 3 is 1.54 bits per heavy atom. The number of fused-ring (bicyclic) bond motifs is 5. The number of allylic oxidation sites excluding steroid dienone is 1. The molecule has 34 heteroatoms. The molecule has 766 valence electrons. The highest BCUT2D eigenvalue weighted by atomic mass is 33.1. The number of carbonyl (C=O) groups is 8. The van der Waals surface area contributed by atoms with Gasteiger partial charge in [0, 0.05) is 58.8 Å². The number of hydrogen-bond acceptors (Lipinski definition) is 33. The molecule has 0 saturated heterocycles. The lowest BCUT2D eigenvalue weighted by atomic mass is 9.47. The molecule has 0 spiro atoms. The summed E-state index contributed by atoms with van der Waals surface area (Å²) < 4.78 is 49.7. The van der Waals surface area contributed by atoms with Crippen molar-refractivity contribution in [2.24, 2.45) is 46.3 Å². The SMILES string of the molecule is C=C(C)C(=O)OCCCCCC(=O)OC1CC[C@@]2(C)C(=CC[C@H]3[C@@H]4CC[C@H]([C@H](C)CCCC(C)C)[C@@]4(C)CC[C@@H]32)C1.CCCCCCCCCCCCSC(=S)SC(C)(C)C(=O)OCCSSc1ccccn1.CCCCCCCCCCCCSC(=S)SC(C)(C)C(=O)SSCC(=O)OCCOC.COCCO.COCCOC(=O)CS.COCCOC(=O)CS.O=C(O)CS. The maximum absolute atomic E-state index is 12.6. The molecule has 5 rings (SSSR count). The fourth-order valence-corrected chi connectivity index (χ4v) is 26.2. The van der Waals surface area contributed by atoms with E-state index < -0.39 is 15.5 Å². The zero-order chi connectivity index (χ0) is 99.3. The number of pyridine rings is 1. The number of aliphatic hydroxyl groups excluding tert-OH is 1. The lowest BCUT2D eigenvalue weighted by molar-refractivity contribution is -0.152. The molecule has 8 atom stereocenters. The average Bonchev–Trinajstić information content (AvgIpc) is 1.48. The summed E-state index contributed by atoms with van der Waals surface area (Å²) in [6, 6.07) is 5.83. The first-order valence-electron chi connectivity index (χ1n) is 47.8. The predicted octanol–water partition coefficient (Wildman–Crippen LogP) is 25.8. The van der Waals surface area contributed by atoms with E-state index in [0.717, 1.165) is 114 Å². The topological polar surface area (TPSA) is 282 Å². The Morgan fingerprint density at radius 1 is 0.561 bits per heavy atom. The summed E-state index contributed by atoms with van der Waals surface area (Å²) in [6.07, 6.45) is 48.1. The average molecular weight is 2100 g/mol. The molecule has 1 aromatic heterocycles. The maximum Gasteiger partial charge on any atom is 0.333 e. The molecule has 4 aliphatic rings. The van der Waals surface area contributed by atoms with E-state index in [-0.39, 0.29) is 88.7 Å². The molecule has 0 aromatic carbocycles. The van der Waals surface area contributed by atoms with Gasteiger partial charge in [-0.25, -0.2) is 9.78 Å². The Labute approximate surface area is 857 Å². The number of thiol groups is 3. The number of rotatable bonds is 61. The van der Waals surface area contributed by atoms with Crippen LogP contribution < -0.4 is 0 Å². The van der Waals surface area contributed by atoms with Gasteiger partial charge in [0.2, 0.25) is 5.12 Å². The number of ether oxygens (including phenoxy) is 10. The summed E-state index contributed by atoms with van der Waals surface area (Å²) in [4.78, 5) is 94.8. The van der Waals surface area contributed by atoms with Crippen molar-refractivity contribution in [3.8, 4) is 0 Å². The first-order chi connectivity index (χ1) is 63.0. The molecule has 0 amide bonds. The normalized spacial score (nSPS) is 18.2. The van der Waals surface area contributed by atoms with Crippen molar-refractivity contribution in [2.75, 3.05) is 135 Å². The molecule has 2 N–H and O–H groups in total. The third-order valence-corrected chi connectivity index (χ3v) is 34.1. The van der Waals surface area contributed by atoms with Crippen LogP contribution >= 0.6 is 153 Å². The summed E-state index contributed by atoms with van der Waals surface area (Å²) in [5.41, 5.74) is 2.82. The number of hydrogen-bond donors (Lipinski definition) is 5. The minimum atomic E-state index is -0.881. The summed E-state index contributed by atoms with van der Waals surface area (Å²) in [6.45, 7) is 33.3. The number of carbonyl (C=O) groups excluding carboxylic acids is 7. The van der Waals surface area contributed by atoms with Crippen LogP contribution in [0.15, 0.2) is 53.2 Å². The van der Waals surface area contributed by atoms with Gasteiger partial charge in [-0.3, -0.25) is 33.6 Å². The van der Waals surface area contributed by atoms with Crippen LogP contribution in [0.25, 0.3) is 0 Å². The lowest BCUT2D eigenvalue weighted by Crippen LogP contribution is -2.51. The Bertz CT molecular complexity index is 3230. The first kappa shape index (κ1) is 132. The zero-order valence-electron chi connectivity index (χ0n) is 83.0. The summed E-state index contributed by atoms with van der Waals surface area (Å²) in [5.74, 6) is 5.74. The molecular weight excluding hydrogens is 1930 g/mol. The fraction of sp³-hybridized carbons (Fsp3) is 0.806. The number of thiocarbonyl (C=S) groups is 2. The number of aromatic nitrogens is 1. The van der Waals surface area contributed by atoms with Crippen molar-refractivity contribution in [3.63, 3.8) is 0 Å². The van der Waals surface area contributed by atoms with Gasteiger partial charge in [0.1, 0.15) is 55.1 Å². The van der Waals surface area contributed by atoms with Crippen molar-refractivity contribution in [1.29, 1.82) is 0 Å². The number of methoxy groups -OCH3 is 4. The van der Waals surface area contributed by atoms with Crippen LogP contribution in [0, 0.1) is 46.3 Å². The standard InChI is InChI=1S/C37H60O4.C24H39NO2S5.C22H40O4S5.2C5H10O3S.C3H8O2.C2H4O2S/c1-25(2)12-11-13-27(5)31-17-18-32-30-16-15-28-24-29(19-21-36(28,6)33(30)20-22-37(31,32)7)41-34(38)14-9-8-10-23-40-35(39)26(3)4;1-4-5-6-7-8-9-10-11-12-15-19-29-23(28)31-24(2,3)22(26)27-18-20-30-32-21-16-13-14-17-25-21;1-5-6-7-8-9-10-11-12-13-14-17-28-21(27)30-22(2,3)20(24)31-29-18-19(23)26-16-15-25-4;2*1-7-2-3-8-5(6)4-9;1-5-3-2-4;3-2(4)1-5/h15,25,27,29-33H,3,8-14,16-24H2,1-2,4-7H3;13-14,16-17H,4-12,15,18-20H2,1-3H3;5-18H2,1-4H3;2*9H,2-4H2,1H3;4H,2-3H2,1H3;5H,1H2,(H,3,4)/t27-,29?,30+,31-,32+,33+,36+,37-;;;;;;/m1....../s1. The number of unbranched alkanes of at least 4 members (excludes halogenated alkanes) is 20. The number of nitrogens with zero attached hydrogens (tertiary/aromatic N) is 1. The van der Waals surface area contributed by atoms with Crippen LogP contribution in [0.4, 0.5) is 0 Å². The highest BCUT2D eigenvalue weighted by Crippen LogP contribution is 2.67. The van der Waals surface area contributed by atoms with E-state index in [1.807, 2.05) is 45.9 Å². The highest BCUT2D eigenvalue weighted by molar-refractivity contribution is 8.82. The van der Waals surface area contributed by atoms with Gasteiger partial charge in [-0.2, -0.15) is 37.9 Å². The summed E-state index contributed by atoms with van der Waals surface area (Å²) >= 11 is 28.1. The van der Waals surface area contributed by atoms with Gasteiger partial charge in [0.15, 0.2) is 0 Å². The van der Waals surface area contributed by atoms with Crippen LogP contribution in [-0.2, 0) is 85.7 Å². The van der Waals surface area contributed by atoms with Crippen molar-refractivity contribution in [3.05, 3.63) is 48.2 Å². The van der Waals surface area contributed by atoms with Gasteiger partial charge >= 0.3 is 41.8 Å². The molecule has 132 heavy (non-hydrogen) atoms. The second kappa shape index (κ2) is 85.0. The largest absolute Gasteiger partial charge is 0.481 e. The van der Waals surface area contributed by atoms with E-state index in [0.29, 0.717) is 70.3 Å². The van der Waals surface area contributed by atoms with Crippen LogP contribution in [0.3, 0.4) is 0 Å². The predicted molar refractivity (Wildman–Crippen MR) is 580 cm³/mol. The highest BCUT2D eigenvalue weighted by Gasteiger charge is 2.59. The lowest BCUT2D eigenvalue weighted by Gasteiger charge is -2.58. The van der Waals surface area contributed by atoms with E-state index in [1.54, 1.807) is 92.2 Å². The van der Waals surface area contributed by atoms with Gasteiger partial charge in [0.05, 0.1) is 61.6 Å². The number of carboxylic acid groups (broad SMARTS) is 1. The molecule has 3 fully saturated rings. The fourth-order valence-electron chi connectivity index (χ4n) is 15.9. The van der Waals surface area contributed by atoms with Crippen LogP contribution in [0.5, 0.6) is 0 Å². The van der Waals surface area contributed by atoms with Crippen molar-refractivity contribution >= 4 is 207 Å². The van der Waals surface area contributed by atoms with E-state index in [9.17, 15) is 38.4 Å². The monoisotopic (exact) mass is 2100 g/mol. The summed E-state index contributed by atoms with van der Waals surface area (Å²) in [5, 5.41) is 16.6. The molecule has 0 bridgehead atoms. The zero-order valence-corrected chi connectivity index (χ0v) is 93.9. The second-order valence-electron chi connectivity index (χ2n) is 35.2. The molecule has 1 unspecified atom stereocenters. The van der Waals surface area contributed by atoms with Crippen molar-refractivity contribution in [2.45, 2.75) is 328 Å². The molecule has 0 radical (unpaired) electrons. The minimum absolute atomic E-state index is 0.00841. The Morgan fingerprint density at radius 2 is 1.07 bits per heavy atom. The molecule has 4 aliphatic carbocycles.